The van der Waals surface area contributed by atoms with Crippen molar-refractivity contribution in [2.45, 2.75) is 57.8 Å². The van der Waals surface area contributed by atoms with E-state index in [-0.39, 0.29) is 5.91 Å². The van der Waals surface area contributed by atoms with E-state index in [0.717, 1.165) is 67.8 Å². The number of aryl methyl sites for hydroxylation is 1. The van der Waals surface area contributed by atoms with Crippen LogP contribution in [0.25, 0.3) is 11.3 Å². The number of allylic oxidation sites excluding steroid dienone is 2. The number of carbonyl (C=O) groups is 1. The van der Waals surface area contributed by atoms with Crippen LogP contribution in [0.5, 0.6) is 0 Å². The van der Waals surface area contributed by atoms with E-state index in [9.17, 15) is 4.79 Å². The molecule has 2 heterocycles. The molecule has 1 fully saturated rings. The van der Waals surface area contributed by atoms with Gasteiger partial charge in [-0.2, -0.15) is 0 Å². The first kappa shape index (κ1) is 21.5. The van der Waals surface area contributed by atoms with Crippen molar-refractivity contribution < 1.29 is 9.32 Å². The van der Waals surface area contributed by atoms with Gasteiger partial charge in [-0.1, -0.05) is 17.3 Å². The molecule has 0 spiro atoms. The molecular formula is C24H33N5O2. The second-order valence-corrected chi connectivity index (χ2v) is 9.19. The van der Waals surface area contributed by atoms with E-state index in [1.165, 1.54) is 0 Å². The molecule has 7 nitrogen and oxygen atoms in total. The SMILES string of the molecule is Cc1cc(-c2cnc(N(C)C)nc2C2CCC(CNC(=O)C[C@H]3C=CCC3)CC2)on1. The summed E-state index contributed by atoms with van der Waals surface area (Å²) in [5.74, 6) is 2.95. The zero-order chi connectivity index (χ0) is 21.8. The molecule has 1 amide bonds. The minimum absolute atomic E-state index is 0.188. The molecule has 1 saturated carbocycles. The average molecular weight is 424 g/mol. The Hall–Kier alpha value is -2.70. The van der Waals surface area contributed by atoms with Crippen molar-refractivity contribution in [3.8, 4) is 11.3 Å². The van der Waals surface area contributed by atoms with E-state index in [1.54, 1.807) is 0 Å². The Morgan fingerprint density at radius 1 is 1.23 bits per heavy atom. The molecule has 0 unspecified atom stereocenters. The van der Waals surface area contributed by atoms with Gasteiger partial charge in [0.2, 0.25) is 11.9 Å². The Morgan fingerprint density at radius 3 is 2.68 bits per heavy atom. The summed E-state index contributed by atoms with van der Waals surface area (Å²) in [7, 11) is 3.91. The summed E-state index contributed by atoms with van der Waals surface area (Å²) in [5.41, 5.74) is 2.84. The molecule has 1 atom stereocenters. The number of carbonyl (C=O) groups excluding carboxylic acids is 1. The van der Waals surface area contributed by atoms with Crippen molar-refractivity contribution in [3.05, 3.63) is 35.8 Å². The lowest BCUT2D eigenvalue weighted by atomic mass is 9.79. The zero-order valence-corrected chi connectivity index (χ0v) is 18.8. The van der Waals surface area contributed by atoms with Gasteiger partial charge in [0.05, 0.1) is 17.0 Å². The molecule has 2 aromatic heterocycles. The smallest absolute Gasteiger partial charge is 0.225 e. The first-order valence-corrected chi connectivity index (χ1v) is 11.4. The molecule has 166 valence electrons. The van der Waals surface area contributed by atoms with E-state index in [1.807, 2.05) is 38.2 Å². The highest BCUT2D eigenvalue weighted by molar-refractivity contribution is 5.76. The van der Waals surface area contributed by atoms with Crippen LogP contribution in [0.3, 0.4) is 0 Å². The lowest BCUT2D eigenvalue weighted by Crippen LogP contribution is -2.32. The molecule has 7 heteroatoms. The molecular weight excluding hydrogens is 390 g/mol. The third kappa shape index (κ3) is 5.32. The molecule has 31 heavy (non-hydrogen) atoms. The number of amides is 1. The van der Waals surface area contributed by atoms with E-state index in [0.29, 0.717) is 30.1 Å². The van der Waals surface area contributed by atoms with E-state index >= 15 is 0 Å². The van der Waals surface area contributed by atoms with Crippen LogP contribution in [0, 0.1) is 18.8 Å². The highest BCUT2D eigenvalue weighted by atomic mass is 16.5. The van der Waals surface area contributed by atoms with Crippen LogP contribution in [-0.4, -0.2) is 41.7 Å². The molecule has 0 aromatic carbocycles. The molecule has 0 radical (unpaired) electrons. The summed E-state index contributed by atoms with van der Waals surface area (Å²) >= 11 is 0. The van der Waals surface area contributed by atoms with Crippen molar-refractivity contribution in [1.82, 2.24) is 20.4 Å². The van der Waals surface area contributed by atoms with Crippen LogP contribution in [-0.2, 0) is 4.79 Å². The van der Waals surface area contributed by atoms with Crippen LogP contribution >= 0.6 is 0 Å². The first-order chi connectivity index (χ1) is 15.0. The monoisotopic (exact) mass is 423 g/mol. The van der Waals surface area contributed by atoms with Gasteiger partial charge in [0, 0.05) is 45.2 Å². The van der Waals surface area contributed by atoms with Gasteiger partial charge in [-0.15, -0.1) is 0 Å². The van der Waals surface area contributed by atoms with E-state index in [4.69, 9.17) is 9.51 Å². The summed E-state index contributed by atoms with van der Waals surface area (Å²) in [6.45, 7) is 2.70. The summed E-state index contributed by atoms with van der Waals surface area (Å²) in [5, 5.41) is 7.21. The summed E-state index contributed by atoms with van der Waals surface area (Å²) in [4.78, 5) is 23.6. The van der Waals surface area contributed by atoms with Crippen molar-refractivity contribution in [1.29, 1.82) is 0 Å². The number of rotatable bonds is 7. The van der Waals surface area contributed by atoms with Crippen LogP contribution in [0.1, 0.15) is 62.3 Å². The lowest BCUT2D eigenvalue weighted by molar-refractivity contribution is -0.121. The zero-order valence-electron chi connectivity index (χ0n) is 18.8. The number of nitrogens with zero attached hydrogens (tertiary/aromatic N) is 4. The standard InChI is InChI=1S/C24H33N5O2/c1-16-12-21(31-28-16)20-15-26-24(29(2)3)27-23(20)19-10-8-18(9-11-19)14-25-22(30)13-17-6-4-5-7-17/h4,6,12,15,17-19H,5,7-11,13-14H2,1-3H3,(H,25,30)/t17-,18?,19?/m0/s1. The van der Waals surface area contributed by atoms with Crippen molar-refractivity contribution in [2.75, 3.05) is 25.5 Å². The minimum Gasteiger partial charge on any atom is -0.356 e. The quantitative estimate of drug-likeness (QED) is 0.670. The summed E-state index contributed by atoms with van der Waals surface area (Å²) < 4.78 is 5.53. The van der Waals surface area contributed by atoms with E-state index in [2.05, 4.69) is 27.6 Å². The Morgan fingerprint density at radius 2 is 2.03 bits per heavy atom. The molecule has 2 aromatic rings. The van der Waals surface area contributed by atoms with Crippen molar-refractivity contribution in [2.24, 2.45) is 11.8 Å². The Kier molecular flexibility index (Phi) is 6.68. The minimum atomic E-state index is 0.188. The van der Waals surface area contributed by atoms with Gasteiger partial charge in [0.25, 0.3) is 0 Å². The van der Waals surface area contributed by atoms with Gasteiger partial charge in [-0.3, -0.25) is 4.79 Å². The second kappa shape index (κ2) is 9.62. The number of nitrogens with one attached hydrogen (secondary N) is 1. The Labute approximate surface area is 184 Å². The largest absolute Gasteiger partial charge is 0.356 e. The molecule has 2 aliphatic carbocycles. The molecule has 1 N–H and O–H groups in total. The van der Waals surface area contributed by atoms with E-state index < -0.39 is 0 Å². The van der Waals surface area contributed by atoms with Crippen LogP contribution < -0.4 is 10.2 Å². The van der Waals surface area contributed by atoms with Crippen LogP contribution in [0.2, 0.25) is 0 Å². The molecule has 0 bridgehead atoms. The lowest BCUT2D eigenvalue weighted by Gasteiger charge is -2.29. The van der Waals surface area contributed by atoms with Crippen LogP contribution in [0.15, 0.2) is 28.9 Å². The van der Waals surface area contributed by atoms with Crippen molar-refractivity contribution in [3.63, 3.8) is 0 Å². The fraction of sp³-hybridized carbons (Fsp3) is 0.583. The summed E-state index contributed by atoms with van der Waals surface area (Å²) in [6, 6.07) is 1.94. The predicted molar refractivity (Wildman–Crippen MR) is 121 cm³/mol. The van der Waals surface area contributed by atoms with Gasteiger partial charge < -0.3 is 14.7 Å². The molecule has 0 saturated heterocycles. The predicted octanol–water partition coefficient (Wildman–Crippen LogP) is 4.25. The highest BCUT2D eigenvalue weighted by Crippen LogP contribution is 2.39. The second-order valence-electron chi connectivity index (χ2n) is 9.19. The Bertz CT molecular complexity index is 928. The first-order valence-electron chi connectivity index (χ1n) is 11.4. The number of anilines is 1. The number of hydrogen-bond acceptors (Lipinski definition) is 6. The third-order valence-corrected chi connectivity index (χ3v) is 6.48. The van der Waals surface area contributed by atoms with Gasteiger partial charge in [-0.25, -0.2) is 9.97 Å². The summed E-state index contributed by atoms with van der Waals surface area (Å²) in [6.07, 6.45) is 13.3. The fourth-order valence-electron chi connectivity index (χ4n) is 4.67. The van der Waals surface area contributed by atoms with Gasteiger partial charge >= 0.3 is 0 Å². The average Bonchev–Trinajstić information content (AvgIpc) is 3.44. The van der Waals surface area contributed by atoms with Gasteiger partial charge in [-0.05, 0) is 57.3 Å². The maximum Gasteiger partial charge on any atom is 0.225 e. The highest BCUT2D eigenvalue weighted by Gasteiger charge is 2.28. The van der Waals surface area contributed by atoms with Gasteiger partial charge in [0.15, 0.2) is 5.76 Å². The van der Waals surface area contributed by atoms with Crippen LogP contribution in [0.4, 0.5) is 5.95 Å². The molecule has 0 aliphatic heterocycles. The topological polar surface area (TPSA) is 84.2 Å². The third-order valence-electron chi connectivity index (χ3n) is 6.48. The number of aromatic nitrogens is 3. The van der Waals surface area contributed by atoms with Crippen molar-refractivity contribution >= 4 is 11.9 Å². The maximum atomic E-state index is 12.2. The van der Waals surface area contributed by atoms with Gasteiger partial charge in [0.1, 0.15) is 0 Å². The normalized spacial score (nSPS) is 23.1. The Balaban J connectivity index is 1.38. The molecule has 2 aliphatic rings. The fourth-order valence-corrected chi connectivity index (χ4v) is 4.67. The maximum absolute atomic E-state index is 12.2. The molecule has 4 rings (SSSR count). The number of hydrogen-bond donors (Lipinski definition) is 1.